The van der Waals surface area contributed by atoms with Gasteiger partial charge in [0, 0.05) is 5.56 Å². The molecule has 7 heteroatoms. The van der Waals surface area contributed by atoms with E-state index in [-0.39, 0.29) is 12.0 Å². The first-order valence-electron chi connectivity index (χ1n) is 10.2. The lowest BCUT2D eigenvalue weighted by Gasteiger charge is -2.24. The van der Waals surface area contributed by atoms with Crippen molar-refractivity contribution in [2.75, 3.05) is 6.61 Å². The minimum Gasteiger partial charge on any atom is -0.494 e. The lowest BCUT2D eigenvalue weighted by atomic mass is 9.83. The molecule has 0 aliphatic carbocycles. The molecule has 0 saturated heterocycles. The Hall–Kier alpha value is -3.92. The summed E-state index contributed by atoms with van der Waals surface area (Å²) in [5.74, 6) is 1.57. The Morgan fingerprint density at radius 3 is 2.42 bits per heavy atom. The zero-order valence-electron chi connectivity index (χ0n) is 17.7. The van der Waals surface area contributed by atoms with E-state index in [4.69, 9.17) is 19.9 Å². The number of nitrogens with two attached hydrogens (primary N) is 1. The van der Waals surface area contributed by atoms with E-state index in [2.05, 4.69) is 16.3 Å². The molecule has 1 aliphatic rings. The number of aromatic amines is 1. The maximum Gasteiger partial charge on any atom is 0.244 e. The van der Waals surface area contributed by atoms with Crippen molar-refractivity contribution in [1.82, 2.24) is 10.2 Å². The van der Waals surface area contributed by atoms with Crippen LogP contribution in [0.25, 0.3) is 11.3 Å². The molecule has 0 spiro atoms. The normalized spacial score (nSPS) is 15.3. The maximum absolute atomic E-state index is 9.85. The third kappa shape index (κ3) is 3.92. The highest BCUT2D eigenvalue weighted by molar-refractivity contribution is 5.71. The van der Waals surface area contributed by atoms with Crippen LogP contribution in [0.4, 0.5) is 0 Å². The van der Waals surface area contributed by atoms with Crippen LogP contribution in [0.15, 0.2) is 60.0 Å². The number of benzene rings is 2. The fourth-order valence-electron chi connectivity index (χ4n) is 3.69. The molecule has 0 amide bonds. The zero-order valence-corrected chi connectivity index (χ0v) is 17.7. The Labute approximate surface area is 181 Å². The van der Waals surface area contributed by atoms with Gasteiger partial charge < -0.3 is 19.9 Å². The van der Waals surface area contributed by atoms with E-state index in [1.807, 2.05) is 69.3 Å². The van der Waals surface area contributed by atoms with Crippen molar-refractivity contribution >= 4 is 0 Å². The molecule has 0 unspecified atom stereocenters. The number of nitrogens with one attached hydrogen (secondary N) is 1. The van der Waals surface area contributed by atoms with Crippen LogP contribution in [0.5, 0.6) is 17.4 Å². The van der Waals surface area contributed by atoms with Crippen molar-refractivity contribution in [1.29, 1.82) is 5.26 Å². The summed E-state index contributed by atoms with van der Waals surface area (Å²) >= 11 is 0. The topological polar surface area (TPSA) is 106 Å². The molecule has 0 fully saturated rings. The number of fused-ring (bicyclic) bond motifs is 1. The van der Waals surface area contributed by atoms with Crippen LogP contribution in [-0.2, 0) is 0 Å². The summed E-state index contributed by atoms with van der Waals surface area (Å²) in [4.78, 5) is 0. The van der Waals surface area contributed by atoms with Gasteiger partial charge in [-0.25, -0.2) is 0 Å². The molecule has 31 heavy (non-hydrogen) atoms. The zero-order chi connectivity index (χ0) is 22.0. The van der Waals surface area contributed by atoms with Gasteiger partial charge in [0.2, 0.25) is 11.8 Å². The maximum atomic E-state index is 9.85. The first kappa shape index (κ1) is 20.4. The third-order valence-electron chi connectivity index (χ3n) is 4.98. The molecule has 7 nitrogen and oxygen atoms in total. The average molecular weight is 416 g/mol. The number of ether oxygens (including phenoxy) is 3. The number of aromatic nitrogens is 2. The van der Waals surface area contributed by atoms with Crippen LogP contribution >= 0.6 is 0 Å². The van der Waals surface area contributed by atoms with Crippen molar-refractivity contribution in [3.63, 3.8) is 0 Å². The van der Waals surface area contributed by atoms with Crippen LogP contribution in [0.1, 0.15) is 37.8 Å². The molecule has 158 valence electrons. The Balaban J connectivity index is 1.79. The smallest absolute Gasteiger partial charge is 0.244 e. The van der Waals surface area contributed by atoms with Crippen molar-refractivity contribution in [2.24, 2.45) is 5.73 Å². The van der Waals surface area contributed by atoms with E-state index in [9.17, 15) is 5.26 Å². The first-order valence-corrected chi connectivity index (χ1v) is 10.2. The average Bonchev–Trinajstić information content (AvgIpc) is 3.17. The van der Waals surface area contributed by atoms with Crippen molar-refractivity contribution < 1.29 is 14.2 Å². The van der Waals surface area contributed by atoms with Gasteiger partial charge in [0.05, 0.1) is 29.9 Å². The number of H-pyrrole nitrogens is 1. The van der Waals surface area contributed by atoms with Gasteiger partial charge >= 0.3 is 0 Å². The molecule has 0 radical (unpaired) electrons. The summed E-state index contributed by atoms with van der Waals surface area (Å²) < 4.78 is 17.0. The molecule has 0 bridgehead atoms. The number of nitrogens with zero attached hydrogens (tertiary/aromatic N) is 2. The number of hydrogen-bond acceptors (Lipinski definition) is 6. The van der Waals surface area contributed by atoms with Gasteiger partial charge in [-0.1, -0.05) is 12.1 Å². The number of rotatable bonds is 6. The quantitative estimate of drug-likeness (QED) is 0.614. The van der Waals surface area contributed by atoms with E-state index in [1.54, 1.807) is 0 Å². The van der Waals surface area contributed by atoms with Gasteiger partial charge in [0.1, 0.15) is 23.1 Å². The second-order valence-corrected chi connectivity index (χ2v) is 7.44. The molecule has 1 atom stereocenters. The Morgan fingerprint density at radius 1 is 1.13 bits per heavy atom. The Morgan fingerprint density at radius 2 is 1.81 bits per heavy atom. The minimum atomic E-state index is -0.415. The number of allylic oxidation sites excluding steroid dienone is 1. The molecule has 1 aromatic heterocycles. The fraction of sp³-hybridized carbons (Fsp3) is 0.250. The van der Waals surface area contributed by atoms with Gasteiger partial charge in [-0.3, -0.25) is 5.10 Å². The highest BCUT2D eigenvalue weighted by atomic mass is 16.5. The molecular weight excluding hydrogens is 392 g/mol. The second kappa shape index (κ2) is 8.44. The predicted octanol–water partition coefficient (Wildman–Crippen LogP) is 4.48. The molecule has 3 aromatic rings. The van der Waals surface area contributed by atoms with Gasteiger partial charge in [-0.2, -0.15) is 5.26 Å². The van der Waals surface area contributed by atoms with Crippen LogP contribution in [0.2, 0.25) is 0 Å². The largest absolute Gasteiger partial charge is 0.494 e. The van der Waals surface area contributed by atoms with Gasteiger partial charge in [0.25, 0.3) is 0 Å². The summed E-state index contributed by atoms with van der Waals surface area (Å²) in [7, 11) is 0. The summed E-state index contributed by atoms with van der Waals surface area (Å²) in [6.45, 7) is 6.49. The lowest BCUT2D eigenvalue weighted by molar-refractivity contribution is 0.242. The van der Waals surface area contributed by atoms with Gasteiger partial charge in [-0.05, 0) is 62.7 Å². The first-order chi connectivity index (χ1) is 15.0. The Bertz CT molecular complexity index is 1140. The summed E-state index contributed by atoms with van der Waals surface area (Å²) in [6, 6.07) is 17.6. The van der Waals surface area contributed by atoms with Gasteiger partial charge in [-0.15, -0.1) is 5.10 Å². The van der Waals surface area contributed by atoms with E-state index < -0.39 is 5.92 Å². The third-order valence-corrected chi connectivity index (χ3v) is 4.98. The predicted molar refractivity (Wildman–Crippen MR) is 117 cm³/mol. The molecule has 0 saturated carbocycles. The minimum absolute atomic E-state index is 0.0623. The van der Waals surface area contributed by atoms with E-state index >= 15 is 0 Å². The second-order valence-electron chi connectivity index (χ2n) is 7.44. The lowest BCUT2D eigenvalue weighted by Crippen LogP contribution is -2.21. The van der Waals surface area contributed by atoms with Crippen molar-refractivity contribution in [3.8, 4) is 34.7 Å². The fourth-order valence-corrected chi connectivity index (χ4v) is 3.69. The van der Waals surface area contributed by atoms with E-state index in [0.717, 1.165) is 33.9 Å². The molecule has 3 N–H and O–H groups in total. The molecule has 4 rings (SSSR count). The number of nitriles is 1. The standard InChI is InChI=1S/C24H24N4O3/c1-4-29-17-9-7-16(8-10-17)22-21-20(15-5-11-18(12-6-15)30-14(2)3)19(13-25)23(26)31-24(21)28-27-22/h5-12,14,20H,4,26H2,1-3H3,(H,27,28)/t20-/m0/s1. The Kier molecular flexibility index (Phi) is 5.54. The highest BCUT2D eigenvalue weighted by Crippen LogP contribution is 2.45. The molecule has 2 heterocycles. The monoisotopic (exact) mass is 416 g/mol. The SMILES string of the molecule is CCOc1ccc(-c2[nH]nc3c2[C@@H](c2ccc(OC(C)C)cc2)C(C#N)=C(N)O3)cc1. The number of hydrogen-bond donors (Lipinski definition) is 2. The summed E-state index contributed by atoms with van der Waals surface area (Å²) in [6.07, 6.45) is 0.0749. The highest BCUT2D eigenvalue weighted by Gasteiger charge is 2.35. The van der Waals surface area contributed by atoms with Crippen LogP contribution in [-0.4, -0.2) is 22.9 Å². The summed E-state index contributed by atoms with van der Waals surface area (Å²) in [5, 5.41) is 17.2. The van der Waals surface area contributed by atoms with Crippen LogP contribution < -0.4 is 19.9 Å². The van der Waals surface area contributed by atoms with E-state index in [1.165, 1.54) is 0 Å². The molecule has 1 aliphatic heterocycles. The molecular formula is C24H24N4O3. The van der Waals surface area contributed by atoms with Crippen LogP contribution in [0.3, 0.4) is 0 Å². The van der Waals surface area contributed by atoms with Crippen LogP contribution in [0, 0.1) is 11.3 Å². The van der Waals surface area contributed by atoms with E-state index in [0.29, 0.717) is 18.1 Å². The summed E-state index contributed by atoms with van der Waals surface area (Å²) in [5.41, 5.74) is 9.76. The van der Waals surface area contributed by atoms with Crippen molar-refractivity contribution in [2.45, 2.75) is 32.8 Å². The van der Waals surface area contributed by atoms with Crippen molar-refractivity contribution in [3.05, 3.63) is 71.1 Å². The molecule has 2 aromatic carbocycles. The van der Waals surface area contributed by atoms with Gasteiger partial charge in [0.15, 0.2) is 0 Å².